The lowest BCUT2D eigenvalue weighted by Gasteiger charge is -1.92. The Morgan fingerprint density at radius 1 is 0.727 bits per heavy atom. The molecule has 22 heavy (non-hydrogen) atoms. The molecule has 0 spiro atoms. The van der Waals surface area contributed by atoms with Crippen molar-refractivity contribution in [3.8, 4) is 0 Å². The molecule has 0 aliphatic heterocycles. The summed E-state index contributed by atoms with van der Waals surface area (Å²) in [6, 6.07) is 16.7. The molecule has 0 amide bonds. The van der Waals surface area contributed by atoms with Crippen LogP contribution in [-0.4, -0.2) is 37.4 Å². The molecule has 0 aliphatic rings. The number of rotatable bonds is 2. The van der Waals surface area contributed by atoms with Crippen LogP contribution in [0.5, 0.6) is 0 Å². The lowest BCUT2D eigenvalue weighted by atomic mass is 10.1. The second-order valence-corrected chi connectivity index (χ2v) is 7.65. The zero-order valence-corrected chi connectivity index (χ0v) is 14.0. The highest BCUT2D eigenvalue weighted by molar-refractivity contribution is 7.91. The Morgan fingerprint density at radius 2 is 0.955 bits per heavy atom. The molecule has 0 fully saturated rings. The van der Waals surface area contributed by atoms with Crippen molar-refractivity contribution in [2.24, 2.45) is 0 Å². The van der Waals surface area contributed by atoms with Gasteiger partial charge in [-0.05, 0) is 10.8 Å². The van der Waals surface area contributed by atoms with Crippen LogP contribution in [0.15, 0.2) is 48.5 Å². The molecule has 8 heteroatoms. The third kappa shape index (κ3) is 11.2. The third-order valence-corrected chi connectivity index (χ3v) is 4.30. The van der Waals surface area contributed by atoms with Crippen molar-refractivity contribution in [1.82, 2.24) is 0 Å². The summed E-state index contributed by atoms with van der Waals surface area (Å²) in [6.07, 6.45) is 0. The van der Waals surface area contributed by atoms with Crippen molar-refractivity contribution >= 4 is 31.0 Å². The van der Waals surface area contributed by atoms with Gasteiger partial charge in [0.2, 0.25) is 0 Å². The molecule has 2 aromatic carbocycles. The normalized spacial score (nSPS) is 10.9. The van der Waals surface area contributed by atoms with Crippen LogP contribution in [0.25, 0.3) is 10.8 Å². The molecule has 2 aromatic rings. The Bertz CT molecular complexity index is 683. The predicted molar refractivity (Wildman–Crippen MR) is 88.1 cm³/mol. The Balaban J connectivity index is 0.000000326. The van der Waals surface area contributed by atoms with Gasteiger partial charge in [0.15, 0.2) is 0 Å². The highest BCUT2D eigenvalue weighted by atomic mass is 32.3. The van der Waals surface area contributed by atoms with E-state index in [4.69, 9.17) is 17.5 Å². The van der Waals surface area contributed by atoms with Crippen LogP contribution in [0.3, 0.4) is 0 Å². The van der Waals surface area contributed by atoms with E-state index in [1.165, 1.54) is 10.8 Å². The molecule has 0 heterocycles. The predicted octanol–water partition coefficient (Wildman–Crippen LogP) is 2.63. The SMILES string of the molecule is CCS(=O)(=O)CC.O=S(=O)(O)O.c1ccc2ccccc2c1. The van der Waals surface area contributed by atoms with Gasteiger partial charge in [-0.3, -0.25) is 9.11 Å². The highest BCUT2D eigenvalue weighted by Crippen LogP contribution is 2.11. The number of fused-ring (bicyclic) bond motifs is 1. The summed E-state index contributed by atoms with van der Waals surface area (Å²) in [7, 11) is -7.32. The summed E-state index contributed by atoms with van der Waals surface area (Å²) in [5.74, 6) is 0.535. The fourth-order valence-electron chi connectivity index (χ4n) is 1.34. The highest BCUT2D eigenvalue weighted by Gasteiger charge is 1.99. The molecule has 0 saturated carbocycles. The minimum absolute atomic E-state index is 0.267. The monoisotopic (exact) mass is 348 g/mol. The van der Waals surface area contributed by atoms with Gasteiger partial charge in [-0.15, -0.1) is 0 Å². The van der Waals surface area contributed by atoms with Crippen LogP contribution >= 0.6 is 0 Å². The minimum atomic E-state index is -4.67. The fourth-order valence-corrected chi connectivity index (χ4v) is 1.75. The molecule has 0 saturated heterocycles. The second kappa shape index (κ2) is 9.52. The minimum Gasteiger partial charge on any atom is -0.264 e. The first kappa shape index (κ1) is 20.5. The molecular weight excluding hydrogens is 328 g/mol. The lowest BCUT2D eigenvalue weighted by Crippen LogP contribution is -2.04. The second-order valence-electron chi connectivity index (χ2n) is 4.12. The number of sulfone groups is 1. The van der Waals surface area contributed by atoms with Gasteiger partial charge in [0.05, 0.1) is 0 Å². The number of benzene rings is 2. The average Bonchev–Trinajstić information content (AvgIpc) is 2.46. The smallest absolute Gasteiger partial charge is 0.264 e. The van der Waals surface area contributed by atoms with Crippen molar-refractivity contribution in [2.45, 2.75) is 13.8 Å². The van der Waals surface area contributed by atoms with Crippen molar-refractivity contribution in [2.75, 3.05) is 11.5 Å². The van der Waals surface area contributed by atoms with Gasteiger partial charge in [-0.25, -0.2) is 8.42 Å². The summed E-state index contributed by atoms with van der Waals surface area (Å²) in [4.78, 5) is 0. The maximum Gasteiger partial charge on any atom is 0.394 e. The molecule has 0 aromatic heterocycles. The van der Waals surface area contributed by atoms with E-state index in [0.717, 1.165) is 0 Å². The summed E-state index contributed by atoms with van der Waals surface area (Å²) in [5, 5.41) is 2.62. The standard InChI is InChI=1S/C10H8.C4H10O2S.H2O4S/c1-2-6-10-8-4-3-7-9(10)5-1;1-3-7(5,6)4-2;1-5(2,3)4/h1-8H;3-4H2,1-2H3;(H2,1,2,3,4). The van der Waals surface area contributed by atoms with Crippen LogP contribution in [0, 0.1) is 0 Å². The Morgan fingerprint density at radius 3 is 1.09 bits per heavy atom. The zero-order chi connectivity index (χ0) is 17.2. The van der Waals surface area contributed by atoms with Crippen LogP contribution in [0.4, 0.5) is 0 Å². The van der Waals surface area contributed by atoms with E-state index in [9.17, 15) is 8.42 Å². The van der Waals surface area contributed by atoms with Gasteiger partial charge < -0.3 is 0 Å². The molecule has 0 bridgehead atoms. The average molecular weight is 348 g/mol. The Hall–Kier alpha value is -1.48. The first-order valence-electron chi connectivity index (χ1n) is 6.43. The van der Waals surface area contributed by atoms with Gasteiger partial charge in [0.1, 0.15) is 9.84 Å². The summed E-state index contributed by atoms with van der Waals surface area (Å²) >= 11 is 0. The van der Waals surface area contributed by atoms with Crippen molar-refractivity contribution in [3.05, 3.63) is 48.5 Å². The topological polar surface area (TPSA) is 109 Å². The molecule has 6 nitrogen and oxygen atoms in total. The molecule has 124 valence electrons. The third-order valence-electron chi connectivity index (χ3n) is 2.54. The molecule has 0 radical (unpaired) electrons. The van der Waals surface area contributed by atoms with Crippen LogP contribution in [0.1, 0.15) is 13.8 Å². The number of hydrogen-bond acceptors (Lipinski definition) is 4. The van der Waals surface area contributed by atoms with Gasteiger partial charge in [-0.1, -0.05) is 62.4 Å². The Labute approximate surface area is 131 Å². The van der Waals surface area contributed by atoms with E-state index in [2.05, 4.69) is 48.5 Å². The van der Waals surface area contributed by atoms with Gasteiger partial charge in [0.25, 0.3) is 0 Å². The fraction of sp³-hybridized carbons (Fsp3) is 0.286. The summed E-state index contributed by atoms with van der Waals surface area (Å²) in [6.45, 7) is 3.30. The van der Waals surface area contributed by atoms with E-state index in [-0.39, 0.29) is 11.5 Å². The van der Waals surface area contributed by atoms with Crippen LogP contribution in [-0.2, 0) is 20.2 Å². The quantitative estimate of drug-likeness (QED) is 0.808. The molecule has 0 unspecified atom stereocenters. The van der Waals surface area contributed by atoms with E-state index in [1.807, 2.05) is 0 Å². The molecular formula is C14H20O6S2. The van der Waals surface area contributed by atoms with E-state index in [1.54, 1.807) is 13.8 Å². The maximum absolute atomic E-state index is 10.4. The molecule has 2 N–H and O–H groups in total. The first-order chi connectivity index (χ1) is 10.1. The van der Waals surface area contributed by atoms with Gasteiger partial charge in [-0.2, -0.15) is 8.42 Å². The molecule has 2 rings (SSSR count). The van der Waals surface area contributed by atoms with E-state index in [0.29, 0.717) is 0 Å². The summed E-state index contributed by atoms with van der Waals surface area (Å²) in [5.41, 5.74) is 0. The van der Waals surface area contributed by atoms with Crippen molar-refractivity contribution < 1.29 is 25.9 Å². The lowest BCUT2D eigenvalue weighted by molar-refractivity contribution is 0.381. The van der Waals surface area contributed by atoms with E-state index < -0.39 is 20.2 Å². The molecule has 0 aliphatic carbocycles. The van der Waals surface area contributed by atoms with E-state index >= 15 is 0 Å². The van der Waals surface area contributed by atoms with Crippen molar-refractivity contribution in [1.29, 1.82) is 0 Å². The zero-order valence-electron chi connectivity index (χ0n) is 12.4. The summed E-state index contributed by atoms with van der Waals surface area (Å²) < 4.78 is 52.3. The van der Waals surface area contributed by atoms with Crippen molar-refractivity contribution in [3.63, 3.8) is 0 Å². The van der Waals surface area contributed by atoms with Gasteiger partial charge >= 0.3 is 10.4 Å². The maximum atomic E-state index is 10.4. The first-order valence-corrected chi connectivity index (χ1v) is 9.65. The van der Waals surface area contributed by atoms with Gasteiger partial charge in [0, 0.05) is 11.5 Å². The number of hydrogen-bond donors (Lipinski definition) is 2. The van der Waals surface area contributed by atoms with Crippen LogP contribution in [0.2, 0.25) is 0 Å². The largest absolute Gasteiger partial charge is 0.394 e. The van der Waals surface area contributed by atoms with Crippen LogP contribution < -0.4 is 0 Å². The Kier molecular flexibility index (Phi) is 8.88. The molecule has 0 atom stereocenters.